The second-order valence-electron chi connectivity index (χ2n) is 4.95. The van der Waals surface area contributed by atoms with E-state index in [1.807, 2.05) is 18.7 Å². The quantitative estimate of drug-likeness (QED) is 0.762. The molecule has 2 nitrogen and oxygen atoms in total. The van der Waals surface area contributed by atoms with E-state index in [4.69, 9.17) is 0 Å². The standard InChI is InChI=1S/C12H25NOS/c1-4-7-12(3,14)9-13-11-6-5-8-15-10(11)2/h10-11,13-14H,4-9H2,1-3H3. The second kappa shape index (κ2) is 6.12. The molecule has 0 aromatic carbocycles. The van der Waals surface area contributed by atoms with Crippen molar-refractivity contribution in [1.82, 2.24) is 5.32 Å². The third-order valence-electron chi connectivity index (χ3n) is 3.14. The first-order valence-electron chi connectivity index (χ1n) is 6.12. The summed E-state index contributed by atoms with van der Waals surface area (Å²) in [6.07, 6.45) is 4.50. The zero-order valence-corrected chi connectivity index (χ0v) is 11.1. The number of nitrogens with one attached hydrogen (secondary N) is 1. The monoisotopic (exact) mass is 231 g/mol. The Morgan fingerprint density at radius 2 is 2.27 bits per heavy atom. The average Bonchev–Trinajstić information content (AvgIpc) is 2.16. The molecule has 0 aromatic heterocycles. The Kier molecular flexibility index (Phi) is 5.44. The minimum Gasteiger partial charge on any atom is -0.389 e. The summed E-state index contributed by atoms with van der Waals surface area (Å²) < 4.78 is 0. The molecular formula is C12H25NOS. The lowest BCUT2D eigenvalue weighted by Gasteiger charge is -2.32. The number of thioether (sulfide) groups is 1. The van der Waals surface area contributed by atoms with Gasteiger partial charge in [-0.3, -0.25) is 0 Å². The van der Waals surface area contributed by atoms with Crippen LogP contribution in [0.5, 0.6) is 0 Å². The van der Waals surface area contributed by atoms with Crippen molar-refractivity contribution in [2.24, 2.45) is 0 Å². The summed E-state index contributed by atoms with van der Waals surface area (Å²) in [5.41, 5.74) is -0.531. The van der Waals surface area contributed by atoms with E-state index < -0.39 is 5.60 Å². The number of rotatable bonds is 5. The lowest BCUT2D eigenvalue weighted by molar-refractivity contribution is 0.0468. The topological polar surface area (TPSA) is 32.3 Å². The van der Waals surface area contributed by atoms with E-state index in [9.17, 15) is 5.11 Å². The fourth-order valence-electron chi connectivity index (χ4n) is 2.17. The van der Waals surface area contributed by atoms with Gasteiger partial charge in [0.25, 0.3) is 0 Å². The van der Waals surface area contributed by atoms with Crippen LogP contribution in [0.15, 0.2) is 0 Å². The molecule has 0 aromatic rings. The Balaban J connectivity index is 2.28. The zero-order chi connectivity index (χ0) is 11.3. The van der Waals surface area contributed by atoms with Gasteiger partial charge in [0, 0.05) is 17.8 Å². The minimum absolute atomic E-state index is 0.531. The normalized spacial score (nSPS) is 31.2. The molecule has 90 valence electrons. The van der Waals surface area contributed by atoms with Crippen LogP contribution in [-0.2, 0) is 0 Å². The first kappa shape index (κ1) is 13.3. The van der Waals surface area contributed by atoms with Crippen LogP contribution < -0.4 is 5.32 Å². The minimum atomic E-state index is -0.531. The highest BCUT2D eigenvalue weighted by Crippen LogP contribution is 2.25. The average molecular weight is 231 g/mol. The molecule has 1 heterocycles. The van der Waals surface area contributed by atoms with Crippen molar-refractivity contribution in [2.45, 2.75) is 63.3 Å². The van der Waals surface area contributed by atoms with Gasteiger partial charge in [0.1, 0.15) is 0 Å². The van der Waals surface area contributed by atoms with Crippen molar-refractivity contribution >= 4 is 11.8 Å². The molecule has 0 spiro atoms. The summed E-state index contributed by atoms with van der Waals surface area (Å²) in [5, 5.41) is 14.3. The Hall–Kier alpha value is 0.270. The maximum atomic E-state index is 10.1. The summed E-state index contributed by atoms with van der Waals surface area (Å²) >= 11 is 2.05. The predicted octanol–water partition coefficient (Wildman–Crippen LogP) is 2.41. The molecule has 0 amide bonds. The Bertz CT molecular complexity index is 184. The fraction of sp³-hybridized carbons (Fsp3) is 1.00. The van der Waals surface area contributed by atoms with Gasteiger partial charge in [-0.1, -0.05) is 20.3 Å². The van der Waals surface area contributed by atoms with Crippen LogP contribution in [0.3, 0.4) is 0 Å². The first-order valence-corrected chi connectivity index (χ1v) is 7.17. The van der Waals surface area contributed by atoms with Crippen LogP contribution in [-0.4, -0.2) is 34.3 Å². The second-order valence-corrected chi connectivity index (χ2v) is 6.44. The molecule has 3 heteroatoms. The van der Waals surface area contributed by atoms with Crippen molar-refractivity contribution in [2.75, 3.05) is 12.3 Å². The van der Waals surface area contributed by atoms with Crippen LogP contribution in [0.25, 0.3) is 0 Å². The summed E-state index contributed by atoms with van der Waals surface area (Å²) in [7, 11) is 0. The van der Waals surface area contributed by atoms with Crippen LogP contribution in [0.4, 0.5) is 0 Å². The number of aliphatic hydroxyl groups is 1. The number of hydrogen-bond acceptors (Lipinski definition) is 3. The molecule has 2 N–H and O–H groups in total. The molecule has 3 unspecified atom stereocenters. The van der Waals surface area contributed by atoms with Crippen molar-refractivity contribution in [3.05, 3.63) is 0 Å². The van der Waals surface area contributed by atoms with Crippen molar-refractivity contribution in [1.29, 1.82) is 0 Å². The Morgan fingerprint density at radius 1 is 1.53 bits per heavy atom. The molecule has 15 heavy (non-hydrogen) atoms. The highest BCUT2D eigenvalue weighted by Gasteiger charge is 2.25. The van der Waals surface area contributed by atoms with E-state index in [2.05, 4.69) is 19.2 Å². The van der Waals surface area contributed by atoms with Crippen LogP contribution >= 0.6 is 11.8 Å². The van der Waals surface area contributed by atoms with Gasteiger partial charge in [-0.25, -0.2) is 0 Å². The lowest BCUT2D eigenvalue weighted by Crippen LogP contribution is -2.47. The molecule has 0 bridgehead atoms. The largest absolute Gasteiger partial charge is 0.389 e. The van der Waals surface area contributed by atoms with E-state index in [1.165, 1.54) is 18.6 Å². The SMILES string of the molecule is CCCC(C)(O)CNC1CCCSC1C. The maximum absolute atomic E-state index is 10.1. The lowest BCUT2D eigenvalue weighted by atomic mass is 9.99. The van der Waals surface area contributed by atoms with Gasteiger partial charge in [0.15, 0.2) is 0 Å². The molecule has 0 radical (unpaired) electrons. The number of hydrogen-bond donors (Lipinski definition) is 2. The third-order valence-corrected chi connectivity index (χ3v) is 4.52. The summed E-state index contributed by atoms with van der Waals surface area (Å²) in [5.74, 6) is 1.30. The van der Waals surface area contributed by atoms with Crippen molar-refractivity contribution in [3.63, 3.8) is 0 Å². The van der Waals surface area contributed by atoms with Crippen molar-refractivity contribution < 1.29 is 5.11 Å². The fourth-order valence-corrected chi connectivity index (χ4v) is 3.34. The van der Waals surface area contributed by atoms with E-state index in [0.717, 1.165) is 19.4 Å². The van der Waals surface area contributed by atoms with Gasteiger partial charge in [-0.15, -0.1) is 0 Å². The Labute approximate surface area is 98.2 Å². The van der Waals surface area contributed by atoms with Crippen LogP contribution in [0, 0.1) is 0 Å². The van der Waals surface area contributed by atoms with Gasteiger partial charge >= 0.3 is 0 Å². The van der Waals surface area contributed by atoms with Crippen LogP contribution in [0.2, 0.25) is 0 Å². The van der Waals surface area contributed by atoms with Gasteiger partial charge in [0.2, 0.25) is 0 Å². The van der Waals surface area contributed by atoms with Crippen molar-refractivity contribution in [3.8, 4) is 0 Å². The van der Waals surface area contributed by atoms with E-state index >= 15 is 0 Å². The van der Waals surface area contributed by atoms with Gasteiger partial charge < -0.3 is 10.4 Å². The molecule has 0 aliphatic carbocycles. The third kappa shape index (κ3) is 4.75. The van der Waals surface area contributed by atoms with E-state index in [-0.39, 0.29) is 0 Å². The molecule has 1 fully saturated rings. The molecule has 3 atom stereocenters. The van der Waals surface area contributed by atoms with E-state index in [0.29, 0.717) is 11.3 Å². The van der Waals surface area contributed by atoms with Gasteiger partial charge in [-0.05, 0) is 31.9 Å². The Morgan fingerprint density at radius 3 is 2.87 bits per heavy atom. The highest BCUT2D eigenvalue weighted by atomic mass is 32.2. The molecule has 1 saturated heterocycles. The molecule has 0 saturated carbocycles. The summed E-state index contributed by atoms with van der Waals surface area (Å²) in [4.78, 5) is 0. The first-order chi connectivity index (χ1) is 7.05. The van der Waals surface area contributed by atoms with Crippen LogP contribution in [0.1, 0.15) is 46.5 Å². The molecular weight excluding hydrogens is 206 g/mol. The smallest absolute Gasteiger partial charge is 0.0743 e. The van der Waals surface area contributed by atoms with Gasteiger partial charge in [0.05, 0.1) is 5.60 Å². The van der Waals surface area contributed by atoms with Gasteiger partial charge in [-0.2, -0.15) is 11.8 Å². The molecule has 1 aliphatic rings. The summed E-state index contributed by atoms with van der Waals surface area (Å²) in [6.45, 7) is 7.07. The maximum Gasteiger partial charge on any atom is 0.0743 e. The molecule has 1 rings (SSSR count). The summed E-state index contributed by atoms with van der Waals surface area (Å²) in [6, 6.07) is 0.590. The zero-order valence-electron chi connectivity index (χ0n) is 10.3. The van der Waals surface area contributed by atoms with E-state index in [1.54, 1.807) is 0 Å². The predicted molar refractivity (Wildman–Crippen MR) is 68.5 cm³/mol. The molecule has 1 aliphatic heterocycles. The highest BCUT2D eigenvalue weighted by molar-refractivity contribution is 7.99.